The number of hydrogen-bond acceptors (Lipinski definition) is 6. The van der Waals surface area contributed by atoms with E-state index < -0.39 is 5.97 Å². The summed E-state index contributed by atoms with van der Waals surface area (Å²) in [4.78, 5) is 23.8. The third-order valence-electron chi connectivity index (χ3n) is 2.44. The molecule has 1 amide bonds. The molecular weight excluding hydrogens is 266 g/mol. The van der Waals surface area contributed by atoms with Crippen molar-refractivity contribution in [3.63, 3.8) is 0 Å². The van der Waals surface area contributed by atoms with Crippen molar-refractivity contribution in [1.29, 1.82) is 0 Å². The lowest BCUT2D eigenvalue weighted by atomic mass is 10.2. The zero-order valence-electron chi connectivity index (χ0n) is 11.5. The van der Waals surface area contributed by atoms with Crippen LogP contribution in [0.2, 0.25) is 0 Å². The summed E-state index contributed by atoms with van der Waals surface area (Å²) in [7, 11) is 2.80. The van der Waals surface area contributed by atoms with Crippen LogP contribution in [0.1, 0.15) is 33.9 Å². The van der Waals surface area contributed by atoms with E-state index in [0.717, 1.165) is 11.3 Å². The second-order valence-electron chi connectivity index (χ2n) is 4.39. The van der Waals surface area contributed by atoms with Gasteiger partial charge in [-0.2, -0.15) is 0 Å². The molecule has 0 spiro atoms. The molecule has 0 saturated carbocycles. The summed E-state index contributed by atoms with van der Waals surface area (Å²) in [5, 5.41) is 6.19. The first kappa shape index (κ1) is 15.3. The Morgan fingerprint density at radius 1 is 1.42 bits per heavy atom. The van der Waals surface area contributed by atoms with Gasteiger partial charge in [0.1, 0.15) is 15.4 Å². The molecule has 1 aromatic heterocycles. The molecular formula is C12H19N3O3S. The van der Waals surface area contributed by atoms with Crippen LogP contribution in [0.4, 0.5) is 10.7 Å². The minimum absolute atomic E-state index is 0.155. The number of methoxy groups -OCH3 is 1. The van der Waals surface area contributed by atoms with Crippen molar-refractivity contribution < 1.29 is 14.3 Å². The molecule has 0 bridgehead atoms. The smallest absolute Gasteiger partial charge is 0.343 e. The molecule has 0 saturated heterocycles. The monoisotopic (exact) mass is 285 g/mol. The Balaban J connectivity index is 3.19. The fourth-order valence-electron chi connectivity index (χ4n) is 1.45. The van der Waals surface area contributed by atoms with Crippen LogP contribution in [0.25, 0.3) is 0 Å². The highest BCUT2D eigenvalue weighted by molar-refractivity contribution is 7.19. The van der Waals surface area contributed by atoms with Crippen molar-refractivity contribution in [3.05, 3.63) is 10.4 Å². The standard InChI is InChI=1S/C12H19N3O3S/c1-6(2)5-15-11-7(12(17)18-4)8(13)9(19-11)10(16)14-3/h6,15H,5,13H2,1-4H3,(H,14,16). The average molecular weight is 285 g/mol. The third kappa shape index (κ3) is 3.37. The van der Waals surface area contributed by atoms with Crippen molar-refractivity contribution in [2.75, 3.05) is 31.8 Å². The van der Waals surface area contributed by atoms with Crippen molar-refractivity contribution in [3.8, 4) is 0 Å². The molecule has 0 radical (unpaired) electrons. The van der Waals surface area contributed by atoms with Crippen LogP contribution in [-0.2, 0) is 4.74 Å². The number of nitrogens with one attached hydrogen (secondary N) is 2. The number of thiophene rings is 1. The molecule has 7 heteroatoms. The maximum absolute atomic E-state index is 11.8. The van der Waals surface area contributed by atoms with Gasteiger partial charge in [-0.05, 0) is 5.92 Å². The Bertz CT molecular complexity index is 483. The van der Waals surface area contributed by atoms with E-state index in [0.29, 0.717) is 22.3 Å². The normalized spacial score (nSPS) is 10.4. The lowest BCUT2D eigenvalue weighted by Gasteiger charge is -2.08. The highest BCUT2D eigenvalue weighted by atomic mass is 32.1. The summed E-state index contributed by atoms with van der Waals surface area (Å²) in [6.45, 7) is 4.76. The van der Waals surface area contributed by atoms with E-state index in [1.807, 2.05) is 13.8 Å². The number of carbonyl (C=O) groups is 2. The molecule has 0 aromatic carbocycles. The highest BCUT2D eigenvalue weighted by Gasteiger charge is 2.25. The lowest BCUT2D eigenvalue weighted by molar-refractivity contribution is 0.0603. The summed E-state index contributed by atoms with van der Waals surface area (Å²) in [6.07, 6.45) is 0. The van der Waals surface area contributed by atoms with Crippen LogP contribution in [-0.4, -0.2) is 32.6 Å². The molecule has 0 aliphatic rings. The number of anilines is 2. The molecule has 0 aliphatic heterocycles. The topological polar surface area (TPSA) is 93.5 Å². The summed E-state index contributed by atoms with van der Waals surface area (Å²) < 4.78 is 4.71. The number of hydrogen-bond donors (Lipinski definition) is 3. The van der Waals surface area contributed by atoms with Crippen molar-refractivity contribution in [2.45, 2.75) is 13.8 Å². The zero-order chi connectivity index (χ0) is 14.6. The molecule has 1 aromatic rings. The van der Waals surface area contributed by atoms with E-state index >= 15 is 0 Å². The molecule has 19 heavy (non-hydrogen) atoms. The first-order valence-electron chi connectivity index (χ1n) is 5.88. The zero-order valence-corrected chi connectivity index (χ0v) is 12.3. The van der Waals surface area contributed by atoms with Crippen LogP contribution in [0.15, 0.2) is 0 Å². The Morgan fingerprint density at radius 2 is 2.05 bits per heavy atom. The van der Waals surface area contributed by atoms with E-state index in [9.17, 15) is 9.59 Å². The lowest BCUT2D eigenvalue weighted by Crippen LogP contribution is -2.18. The number of ether oxygens (including phenoxy) is 1. The van der Waals surface area contributed by atoms with E-state index in [1.54, 1.807) is 0 Å². The molecule has 0 aliphatic carbocycles. The Labute approximate surface area is 116 Å². The molecule has 0 atom stereocenters. The van der Waals surface area contributed by atoms with Crippen LogP contribution in [0, 0.1) is 5.92 Å². The maximum Gasteiger partial charge on any atom is 0.343 e. The van der Waals surface area contributed by atoms with Crippen LogP contribution < -0.4 is 16.4 Å². The van der Waals surface area contributed by atoms with E-state index in [4.69, 9.17) is 10.5 Å². The number of amides is 1. The molecule has 1 rings (SSSR count). The van der Waals surface area contributed by atoms with Crippen molar-refractivity contribution in [1.82, 2.24) is 5.32 Å². The fraction of sp³-hybridized carbons (Fsp3) is 0.500. The summed E-state index contributed by atoms with van der Waals surface area (Å²) in [6, 6.07) is 0. The van der Waals surface area contributed by atoms with Crippen molar-refractivity contribution >= 4 is 33.9 Å². The van der Waals surface area contributed by atoms with Gasteiger partial charge in [0, 0.05) is 13.6 Å². The first-order valence-corrected chi connectivity index (χ1v) is 6.70. The van der Waals surface area contributed by atoms with Gasteiger partial charge in [-0.15, -0.1) is 11.3 Å². The van der Waals surface area contributed by atoms with Gasteiger partial charge < -0.3 is 21.1 Å². The van der Waals surface area contributed by atoms with Gasteiger partial charge in [0.2, 0.25) is 0 Å². The summed E-state index contributed by atoms with van der Waals surface area (Å²) in [5.74, 6) is -0.460. The van der Waals surface area contributed by atoms with Gasteiger partial charge in [-0.25, -0.2) is 4.79 Å². The van der Waals surface area contributed by atoms with Gasteiger partial charge in [-0.1, -0.05) is 13.8 Å². The highest BCUT2D eigenvalue weighted by Crippen LogP contribution is 2.36. The predicted octanol–water partition coefficient (Wildman–Crippen LogP) is 1.54. The molecule has 1 heterocycles. The van der Waals surface area contributed by atoms with E-state index in [-0.39, 0.29) is 17.2 Å². The average Bonchev–Trinajstić information content (AvgIpc) is 2.71. The fourth-order valence-corrected chi connectivity index (χ4v) is 2.51. The first-order chi connectivity index (χ1) is 8.92. The molecule has 0 unspecified atom stereocenters. The van der Waals surface area contributed by atoms with Gasteiger partial charge in [-0.3, -0.25) is 4.79 Å². The van der Waals surface area contributed by atoms with Gasteiger partial charge in [0.05, 0.1) is 12.8 Å². The molecule has 0 fully saturated rings. The van der Waals surface area contributed by atoms with Gasteiger partial charge >= 0.3 is 5.97 Å². The number of esters is 1. The van der Waals surface area contributed by atoms with Crippen molar-refractivity contribution in [2.24, 2.45) is 5.92 Å². The van der Waals surface area contributed by atoms with Gasteiger partial charge in [0.25, 0.3) is 5.91 Å². The Kier molecular flexibility index (Phi) is 5.17. The largest absolute Gasteiger partial charge is 0.465 e. The number of nitrogens with two attached hydrogens (primary N) is 1. The van der Waals surface area contributed by atoms with Crippen LogP contribution in [0.3, 0.4) is 0 Å². The Hall–Kier alpha value is -1.76. The van der Waals surface area contributed by atoms with Gasteiger partial charge in [0.15, 0.2) is 0 Å². The minimum Gasteiger partial charge on any atom is -0.465 e. The minimum atomic E-state index is -0.546. The number of carbonyl (C=O) groups excluding carboxylic acids is 2. The van der Waals surface area contributed by atoms with Crippen LogP contribution >= 0.6 is 11.3 Å². The van der Waals surface area contributed by atoms with E-state index in [1.165, 1.54) is 14.2 Å². The SMILES string of the molecule is CNC(=O)c1sc(NCC(C)C)c(C(=O)OC)c1N. The predicted molar refractivity (Wildman–Crippen MR) is 76.8 cm³/mol. The molecule has 6 nitrogen and oxygen atoms in total. The van der Waals surface area contributed by atoms with E-state index in [2.05, 4.69) is 10.6 Å². The summed E-state index contributed by atoms with van der Waals surface area (Å²) >= 11 is 1.16. The second kappa shape index (κ2) is 6.42. The number of nitrogen functional groups attached to an aromatic ring is 1. The number of rotatable bonds is 5. The quantitative estimate of drug-likeness (QED) is 0.714. The molecule has 4 N–H and O–H groups in total. The third-order valence-corrected chi connectivity index (χ3v) is 3.60. The second-order valence-corrected chi connectivity index (χ2v) is 5.42. The maximum atomic E-state index is 11.8. The summed E-state index contributed by atoms with van der Waals surface area (Å²) in [5.41, 5.74) is 6.26. The Morgan fingerprint density at radius 3 is 2.53 bits per heavy atom. The van der Waals surface area contributed by atoms with Crippen LogP contribution in [0.5, 0.6) is 0 Å². The molecule has 106 valence electrons.